The number of rotatable bonds is 5. The van der Waals surface area contributed by atoms with Crippen LogP contribution in [0.3, 0.4) is 0 Å². The van der Waals surface area contributed by atoms with Crippen LogP contribution < -0.4 is 0 Å². The molecule has 1 fully saturated rings. The molecule has 0 aliphatic carbocycles. The molecule has 1 amide bonds. The molecule has 4 nitrogen and oxygen atoms in total. The van der Waals surface area contributed by atoms with Crippen molar-refractivity contribution >= 4 is 27.8 Å². The molecule has 1 aliphatic heterocycles. The lowest BCUT2D eigenvalue weighted by atomic mass is 10.3. The summed E-state index contributed by atoms with van der Waals surface area (Å²) in [5.41, 5.74) is 0. The number of carbonyl (C=O) groups excluding carboxylic acids is 2. The Kier molecular flexibility index (Phi) is 5.08. The topological polar surface area (TPSA) is 46.6 Å². The fourth-order valence-electron chi connectivity index (χ4n) is 1.57. The smallest absolute Gasteiger partial charge is 0.305 e. The van der Waals surface area contributed by atoms with Gasteiger partial charge in [-0.25, -0.2) is 0 Å². The number of hydrogen-bond donors (Lipinski definition) is 0. The number of carbonyl (C=O) groups is 2. The summed E-state index contributed by atoms with van der Waals surface area (Å²) in [5.74, 6) is -0.0432. The highest BCUT2D eigenvalue weighted by Crippen LogP contribution is 2.18. The van der Waals surface area contributed by atoms with Gasteiger partial charge in [-0.15, -0.1) is 0 Å². The molecule has 0 aromatic carbocycles. The highest BCUT2D eigenvalue weighted by Gasteiger charge is 2.28. The summed E-state index contributed by atoms with van der Waals surface area (Å²) < 4.78 is 4.80. The van der Waals surface area contributed by atoms with E-state index in [1.54, 1.807) is 11.8 Å². The van der Waals surface area contributed by atoms with Crippen molar-refractivity contribution in [3.05, 3.63) is 0 Å². The highest BCUT2D eigenvalue weighted by molar-refractivity contribution is 9.10. The molecule has 0 aromatic heterocycles. The quantitative estimate of drug-likeness (QED) is 0.563. The molecule has 0 N–H and O–H groups in total. The third kappa shape index (κ3) is 3.81. The van der Waals surface area contributed by atoms with E-state index in [4.69, 9.17) is 4.74 Å². The average molecular weight is 278 g/mol. The van der Waals surface area contributed by atoms with E-state index in [9.17, 15) is 9.59 Å². The number of nitrogens with zero attached hydrogens (tertiary/aromatic N) is 1. The minimum absolute atomic E-state index is 0.0277. The van der Waals surface area contributed by atoms with Gasteiger partial charge in [-0.1, -0.05) is 15.9 Å². The molecule has 1 rings (SSSR count). The summed E-state index contributed by atoms with van der Waals surface area (Å²) in [6, 6.07) is 0. The molecule has 1 saturated heterocycles. The fourth-order valence-corrected chi connectivity index (χ4v) is 2.06. The summed E-state index contributed by atoms with van der Waals surface area (Å²) in [6.07, 6.45) is 1.94. The Labute approximate surface area is 98.1 Å². The first-order valence-corrected chi connectivity index (χ1v) is 6.15. The Morgan fingerprint density at radius 3 is 2.93 bits per heavy atom. The minimum Gasteiger partial charge on any atom is -0.466 e. The summed E-state index contributed by atoms with van der Waals surface area (Å²) >= 11 is 3.31. The van der Waals surface area contributed by atoms with Crippen LogP contribution in [0.2, 0.25) is 0 Å². The van der Waals surface area contributed by atoms with Gasteiger partial charge in [-0.2, -0.15) is 0 Å². The molecular formula is C10H16BrNO3. The average Bonchev–Trinajstić information content (AvgIpc) is 2.50. The molecule has 0 bridgehead atoms. The van der Waals surface area contributed by atoms with Crippen LogP contribution in [0, 0.1) is 0 Å². The third-order valence-corrected chi connectivity index (χ3v) is 3.20. The molecule has 0 saturated carbocycles. The second-order valence-electron chi connectivity index (χ2n) is 3.49. The second kappa shape index (κ2) is 6.10. The van der Waals surface area contributed by atoms with E-state index >= 15 is 0 Å². The van der Waals surface area contributed by atoms with Gasteiger partial charge >= 0.3 is 5.97 Å². The van der Waals surface area contributed by atoms with Crippen molar-refractivity contribution in [2.45, 2.75) is 31.0 Å². The van der Waals surface area contributed by atoms with Crippen LogP contribution in [0.25, 0.3) is 0 Å². The van der Waals surface area contributed by atoms with Crippen LogP contribution >= 0.6 is 15.9 Å². The zero-order valence-electron chi connectivity index (χ0n) is 8.87. The van der Waals surface area contributed by atoms with Crippen LogP contribution in [-0.4, -0.2) is 41.3 Å². The second-order valence-corrected chi connectivity index (χ2v) is 4.60. The van der Waals surface area contributed by atoms with E-state index in [1.807, 2.05) is 0 Å². The lowest BCUT2D eigenvalue weighted by Crippen LogP contribution is -2.28. The molecule has 5 heteroatoms. The molecule has 1 unspecified atom stereocenters. The molecule has 0 radical (unpaired) electrons. The molecule has 0 aromatic rings. The molecule has 1 aliphatic rings. The largest absolute Gasteiger partial charge is 0.466 e. The van der Waals surface area contributed by atoms with Gasteiger partial charge in [-0.3, -0.25) is 9.59 Å². The van der Waals surface area contributed by atoms with E-state index < -0.39 is 0 Å². The molecule has 0 spiro atoms. The lowest BCUT2D eigenvalue weighted by Gasteiger charge is -2.14. The van der Waals surface area contributed by atoms with E-state index in [-0.39, 0.29) is 16.7 Å². The van der Waals surface area contributed by atoms with Crippen molar-refractivity contribution in [1.29, 1.82) is 0 Å². The summed E-state index contributed by atoms with van der Waals surface area (Å²) in [6.45, 7) is 3.65. The lowest BCUT2D eigenvalue weighted by molar-refractivity contribution is -0.143. The third-order valence-electron chi connectivity index (χ3n) is 2.35. The summed E-state index contributed by atoms with van der Waals surface area (Å²) in [5, 5.41) is 0. The predicted octanol–water partition coefficient (Wildman–Crippen LogP) is 1.33. The molecular weight excluding hydrogens is 262 g/mol. The number of alkyl halides is 1. The maximum absolute atomic E-state index is 11.5. The normalized spacial score (nSPS) is 20.8. The summed E-state index contributed by atoms with van der Waals surface area (Å²) in [4.78, 5) is 24.3. The van der Waals surface area contributed by atoms with Crippen molar-refractivity contribution in [3.8, 4) is 0 Å². The highest BCUT2D eigenvalue weighted by atomic mass is 79.9. The van der Waals surface area contributed by atoms with Gasteiger partial charge in [0, 0.05) is 19.5 Å². The molecule has 86 valence electrons. The number of hydrogen-bond acceptors (Lipinski definition) is 3. The van der Waals surface area contributed by atoms with Crippen molar-refractivity contribution in [1.82, 2.24) is 4.90 Å². The minimum atomic E-state index is -0.181. The molecule has 15 heavy (non-hydrogen) atoms. The van der Waals surface area contributed by atoms with Gasteiger partial charge in [0.2, 0.25) is 5.91 Å². The van der Waals surface area contributed by atoms with Crippen molar-refractivity contribution in [2.24, 2.45) is 0 Å². The standard InChI is InChI=1S/C10H16BrNO3/c1-2-15-9(13)4-3-6-12-7-5-8(11)10(12)14/h8H,2-7H2,1H3. The Bertz CT molecular complexity index is 245. The predicted molar refractivity (Wildman–Crippen MR) is 59.8 cm³/mol. The van der Waals surface area contributed by atoms with Crippen LogP contribution in [0.4, 0.5) is 0 Å². The zero-order chi connectivity index (χ0) is 11.3. The Balaban J connectivity index is 2.15. The monoisotopic (exact) mass is 277 g/mol. The van der Waals surface area contributed by atoms with Crippen molar-refractivity contribution < 1.29 is 14.3 Å². The Hall–Kier alpha value is -0.580. The molecule has 1 heterocycles. The Morgan fingerprint density at radius 1 is 1.67 bits per heavy atom. The SMILES string of the molecule is CCOC(=O)CCCN1CCC(Br)C1=O. The van der Waals surface area contributed by atoms with E-state index in [0.717, 1.165) is 13.0 Å². The first-order chi connectivity index (χ1) is 7.15. The number of esters is 1. The van der Waals surface area contributed by atoms with E-state index in [2.05, 4.69) is 15.9 Å². The zero-order valence-corrected chi connectivity index (χ0v) is 10.5. The van der Waals surface area contributed by atoms with Gasteiger partial charge in [0.15, 0.2) is 0 Å². The fraction of sp³-hybridized carbons (Fsp3) is 0.800. The van der Waals surface area contributed by atoms with Crippen molar-refractivity contribution in [2.75, 3.05) is 19.7 Å². The first kappa shape index (κ1) is 12.5. The van der Waals surface area contributed by atoms with Gasteiger partial charge in [0.25, 0.3) is 0 Å². The van der Waals surface area contributed by atoms with Crippen LogP contribution in [0.15, 0.2) is 0 Å². The van der Waals surface area contributed by atoms with Crippen LogP contribution in [-0.2, 0) is 14.3 Å². The number of halogens is 1. The maximum Gasteiger partial charge on any atom is 0.305 e. The van der Waals surface area contributed by atoms with Crippen LogP contribution in [0.5, 0.6) is 0 Å². The number of amides is 1. The van der Waals surface area contributed by atoms with E-state index in [0.29, 0.717) is 26.0 Å². The van der Waals surface area contributed by atoms with Crippen molar-refractivity contribution in [3.63, 3.8) is 0 Å². The summed E-state index contributed by atoms with van der Waals surface area (Å²) in [7, 11) is 0. The molecule has 1 atom stereocenters. The number of ether oxygens (including phenoxy) is 1. The van der Waals surface area contributed by atoms with Gasteiger partial charge in [0.05, 0.1) is 11.4 Å². The van der Waals surface area contributed by atoms with Crippen LogP contribution in [0.1, 0.15) is 26.2 Å². The first-order valence-electron chi connectivity index (χ1n) is 5.23. The number of likely N-dealkylation sites (tertiary alicyclic amines) is 1. The Morgan fingerprint density at radius 2 is 2.40 bits per heavy atom. The van der Waals surface area contributed by atoms with Gasteiger partial charge < -0.3 is 9.64 Å². The van der Waals surface area contributed by atoms with Gasteiger partial charge in [-0.05, 0) is 19.8 Å². The van der Waals surface area contributed by atoms with E-state index in [1.165, 1.54) is 0 Å². The maximum atomic E-state index is 11.5. The van der Waals surface area contributed by atoms with Gasteiger partial charge in [0.1, 0.15) is 0 Å².